The van der Waals surface area contributed by atoms with Crippen LogP contribution in [0.15, 0.2) is 17.2 Å². The molecule has 0 aliphatic heterocycles. The lowest BCUT2D eigenvalue weighted by Crippen LogP contribution is -2.47. The summed E-state index contributed by atoms with van der Waals surface area (Å²) in [5.41, 5.74) is -0.338. The van der Waals surface area contributed by atoms with Crippen LogP contribution < -0.4 is 10.5 Å². The molecule has 5 heteroatoms. The van der Waals surface area contributed by atoms with Crippen molar-refractivity contribution in [1.82, 2.24) is 9.55 Å². The smallest absolute Gasteiger partial charge is 0.293 e. The van der Waals surface area contributed by atoms with Crippen molar-refractivity contribution in [2.75, 3.05) is 18.1 Å². The molecule has 1 aliphatic carbocycles. The molecule has 1 saturated carbocycles. The number of nitrogens with zero attached hydrogens (tertiary/aromatic N) is 3. The van der Waals surface area contributed by atoms with Crippen molar-refractivity contribution in [3.63, 3.8) is 0 Å². The van der Waals surface area contributed by atoms with E-state index in [9.17, 15) is 9.90 Å². The molecular formula is C14H23N3O2. The van der Waals surface area contributed by atoms with Gasteiger partial charge in [0.25, 0.3) is 5.56 Å². The Kier molecular flexibility index (Phi) is 3.94. The van der Waals surface area contributed by atoms with Crippen LogP contribution in [0.5, 0.6) is 0 Å². The summed E-state index contributed by atoms with van der Waals surface area (Å²) >= 11 is 0. The lowest BCUT2D eigenvalue weighted by atomic mass is 9.91. The molecule has 0 saturated heterocycles. The second-order valence-corrected chi connectivity index (χ2v) is 6.10. The highest BCUT2D eigenvalue weighted by molar-refractivity contribution is 5.38. The van der Waals surface area contributed by atoms with Crippen LogP contribution in [0, 0.1) is 0 Å². The third-order valence-corrected chi connectivity index (χ3v) is 3.67. The van der Waals surface area contributed by atoms with Gasteiger partial charge in [0.15, 0.2) is 5.82 Å². The quantitative estimate of drug-likeness (QED) is 0.893. The van der Waals surface area contributed by atoms with E-state index in [-0.39, 0.29) is 17.7 Å². The summed E-state index contributed by atoms with van der Waals surface area (Å²) in [6.07, 6.45) is 6.73. The van der Waals surface area contributed by atoms with Gasteiger partial charge in [0.05, 0.1) is 6.61 Å². The van der Waals surface area contributed by atoms with Gasteiger partial charge in [-0.3, -0.25) is 4.79 Å². The van der Waals surface area contributed by atoms with Gasteiger partial charge in [-0.2, -0.15) is 0 Å². The maximum atomic E-state index is 12.6. The number of aliphatic hydroxyl groups is 1. The minimum atomic E-state index is -0.265. The lowest BCUT2D eigenvalue weighted by Gasteiger charge is -2.38. The lowest BCUT2D eigenvalue weighted by molar-refractivity contribution is 0.282. The van der Waals surface area contributed by atoms with E-state index in [4.69, 9.17) is 0 Å². The predicted molar refractivity (Wildman–Crippen MR) is 75.6 cm³/mol. The molecule has 1 aromatic rings. The van der Waals surface area contributed by atoms with Crippen LogP contribution in [0.4, 0.5) is 5.82 Å². The summed E-state index contributed by atoms with van der Waals surface area (Å²) in [7, 11) is 0. The van der Waals surface area contributed by atoms with Crippen LogP contribution in [0.1, 0.15) is 40.0 Å². The second kappa shape index (κ2) is 5.33. The Morgan fingerprint density at radius 2 is 2.16 bits per heavy atom. The van der Waals surface area contributed by atoms with Crippen molar-refractivity contribution >= 4 is 5.82 Å². The average molecular weight is 265 g/mol. The van der Waals surface area contributed by atoms with Crippen LogP contribution >= 0.6 is 0 Å². The summed E-state index contributed by atoms with van der Waals surface area (Å²) in [6, 6.07) is 0.350. The highest BCUT2D eigenvalue weighted by Gasteiger charge is 2.28. The van der Waals surface area contributed by atoms with Crippen molar-refractivity contribution in [3.8, 4) is 0 Å². The highest BCUT2D eigenvalue weighted by Crippen LogP contribution is 2.27. The SMILES string of the molecule is CC(C)(C)n1ccnc(N(CCO)C2CCC2)c1=O. The number of rotatable bonds is 4. The molecule has 0 aromatic carbocycles. The summed E-state index contributed by atoms with van der Waals surface area (Å²) in [6.45, 7) is 6.51. The molecular weight excluding hydrogens is 242 g/mol. The first-order valence-corrected chi connectivity index (χ1v) is 6.91. The summed E-state index contributed by atoms with van der Waals surface area (Å²) in [5.74, 6) is 0.469. The van der Waals surface area contributed by atoms with Crippen LogP contribution in [-0.2, 0) is 5.54 Å². The molecule has 0 amide bonds. The summed E-state index contributed by atoms with van der Waals surface area (Å²) in [4.78, 5) is 18.8. The first-order chi connectivity index (χ1) is 8.95. The topological polar surface area (TPSA) is 58.4 Å². The van der Waals surface area contributed by atoms with Crippen molar-refractivity contribution in [2.24, 2.45) is 0 Å². The van der Waals surface area contributed by atoms with Gasteiger partial charge < -0.3 is 14.6 Å². The number of anilines is 1. The number of aliphatic hydroxyl groups excluding tert-OH is 1. The van der Waals surface area contributed by atoms with Gasteiger partial charge in [-0.25, -0.2) is 4.98 Å². The Bertz CT molecular complexity index is 486. The molecule has 0 spiro atoms. The second-order valence-electron chi connectivity index (χ2n) is 6.10. The fourth-order valence-electron chi connectivity index (χ4n) is 2.39. The Morgan fingerprint density at radius 3 is 2.63 bits per heavy atom. The van der Waals surface area contributed by atoms with Gasteiger partial charge >= 0.3 is 0 Å². The fraction of sp³-hybridized carbons (Fsp3) is 0.714. The average Bonchev–Trinajstić information content (AvgIpc) is 2.25. The number of hydrogen-bond donors (Lipinski definition) is 1. The molecule has 19 heavy (non-hydrogen) atoms. The van der Waals surface area contributed by atoms with E-state index in [1.165, 1.54) is 6.42 Å². The molecule has 106 valence electrons. The number of aromatic nitrogens is 2. The Hall–Kier alpha value is -1.36. The maximum Gasteiger partial charge on any atom is 0.293 e. The molecule has 1 aliphatic rings. The van der Waals surface area contributed by atoms with Crippen LogP contribution in [0.3, 0.4) is 0 Å². The standard InChI is InChI=1S/C14H23N3O2/c1-14(2,3)17-8-7-15-12(13(17)19)16(9-10-18)11-5-4-6-11/h7-8,11,18H,4-6,9-10H2,1-3H3. The Morgan fingerprint density at radius 1 is 1.47 bits per heavy atom. The molecule has 0 atom stereocenters. The molecule has 0 radical (unpaired) electrons. The molecule has 0 unspecified atom stereocenters. The molecule has 1 N–H and O–H groups in total. The Labute approximate surface area is 113 Å². The zero-order chi connectivity index (χ0) is 14.0. The largest absolute Gasteiger partial charge is 0.395 e. The van der Waals surface area contributed by atoms with Crippen LogP contribution in [-0.4, -0.2) is 33.9 Å². The summed E-state index contributed by atoms with van der Waals surface area (Å²) < 4.78 is 1.71. The van der Waals surface area contributed by atoms with E-state index in [2.05, 4.69) is 4.98 Å². The highest BCUT2D eigenvalue weighted by atomic mass is 16.3. The van der Waals surface area contributed by atoms with Crippen molar-refractivity contribution in [1.29, 1.82) is 0 Å². The predicted octanol–water partition coefficient (Wildman–Crippen LogP) is 1.35. The van der Waals surface area contributed by atoms with Crippen molar-refractivity contribution in [2.45, 2.75) is 51.6 Å². The van der Waals surface area contributed by atoms with Gasteiger partial charge in [0.2, 0.25) is 0 Å². The monoisotopic (exact) mass is 265 g/mol. The minimum Gasteiger partial charge on any atom is -0.395 e. The molecule has 0 bridgehead atoms. The van der Waals surface area contributed by atoms with E-state index in [0.717, 1.165) is 12.8 Å². The van der Waals surface area contributed by atoms with Gasteiger partial charge in [-0.15, -0.1) is 0 Å². The molecule has 2 rings (SSSR count). The molecule has 1 aromatic heterocycles. The van der Waals surface area contributed by atoms with E-state index in [0.29, 0.717) is 18.4 Å². The zero-order valence-corrected chi connectivity index (χ0v) is 12.0. The van der Waals surface area contributed by atoms with Gasteiger partial charge in [0, 0.05) is 30.5 Å². The van der Waals surface area contributed by atoms with Crippen LogP contribution in [0.25, 0.3) is 0 Å². The van der Waals surface area contributed by atoms with Gasteiger partial charge in [0.1, 0.15) is 0 Å². The molecule has 5 nitrogen and oxygen atoms in total. The van der Waals surface area contributed by atoms with Gasteiger partial charge in [-0.1, -0.05) is 0 Å². The third kappa shape index (κ3) is 2.81. The first kappa shape index (κ1) is 14.1. The molecule has 1 fully saturated rings. The van der Waals surface area contributed by atoms with E-state index in [1.807, 2.05) is 25.7 Å². The Balaban J connectivity index is 2.40. The zero-order valence-electron chi connectivity index (χ0n) is 12.0. The van der Waals surface area contributed by atoms with Crippen molar-refractivity contribution < 1.29 is 5.11 Å². The van der Waals surface area contributed by atoms with Crippen molar-refractivity contribution in [3.05, 3.63) is 22.7 Å². The van der Waals surface area contributed by atoms with E-state index < -0.39 is 0 Å². The maximum absolute atomic E-state index is 12.6. The minimum absolute atomic E-state index is 0.0437. The van der Waals surface area contributed by atoms with Crippen LogP contribution in [0.2, 0.25) is 0 Å². The van der Waals surface area contributed by atoms with Gasteiger partial charge in [-0.05, 0) is 40.0 Å². The van der Waals surface area contributed by atoms with E-state index in [1.54, 1.807) is 17.0 Å². The number of hydrogen-bond acceptors (Lipinski definition) is 4. The van der Waals surface area contributed by atoms with E-state index >= 15 is 0 Å². The third-order valence-electron chi connectivity index (χ3n) is 3.67. The first-order valence-electron chi connectivity index (χ1n) is 6.91. The molecule has 1 heterocycles. The summed E-state index contributed by atoms with van der Waals surface area (Å²) in [5, 5.41) is 9.21. The fourth-order valence-corrected chi connectivity index (χ4v) is 2.39. The normalized spacial score (nSPS) is 16.2.